The van der Waals surface area contributed by atoms with Crippen LogP contribution < -0.4 is 11.4 Å². The van der Waals surface area contributed by atoms with Gasteiger partial charge in [-0.25, -0.2) is 4.79 Å². The average Bonchev–Trinajstić information content (AvgIpc) is 2.27. The van der Waals surface area contributed by atoms with Gasteiger partial charge in [0.25, 0.3) is 0 Å². The van der Waals surface area contributed by atoms with Crippen LogP contribution in [0, 0.1) is 6.92 Å². The Balaban J connectivity index is 2.13. The molecule has 0 unspecified atom stereocenters. The normalized spacial score (nSPS) is 10.4. The van der Waals surface area contributed by atoms with E-state index < -0.39 is 0 Å². The second-order valence-corrected chi connectivity index (χ2v) is 4.06. The minimum absolute atomic E-state index is 0.291. The molecule has 0 fully saturated rings. The van der Waals surface area contributed by atoms with Crippen molar-refractivity contribution in [2.24, 2.45) is 0 Å². The largest absolute Gasteiger partial charge is 0.399 e. The number of rotatable bonds is 3. The molecule has 0 saturated carbocycles. The summed E-state index contributed by atoms with van der Waals surface area (Å²) in [5.41, 5.74) is 9.08. The maximum atomic E-state index is 11.2. The van der Waals surface area contributed by atoms with E-state index >= 15 is 0 Å². The number of benzene rings is 1. The van der Waals surface area contributed by atoms with E-state index in [1.165, 1.54) is 0 Å². The lowest BCUT2D eigenvalue weighted by atomic mass is 10.1. The highest BCUT2D eigenvalue weighted by Gasteiger charge is 2.01. The summed E-state index contributed by atoms with van der Waals surface area (Å²) >= 11 is 0. The van der Waals surface area contributed by atoms with E-state index in [2.05, 4.69) is 9.97 Å². The molecule has 1 heterocycles. The van der Waals surface area contributed by atoms with Crippen molar-refractivity contribution in [3.63, 3.8) is 0 Å². The van der Waals surface area contributed by atoms with Crippen LogP contribution in [0.1, 0.15) is 17.0 Å². The van der Waals surface area contributed by atoms with Crippen LogP contribution in [-0.2, 0) is 12.8 Å². The van der Waals surface area contributed by atoms with Crippen LogP contribution in [-0.4, -0.2) is 9.97 Å². The number of hydrogen-bond acceptors (Lipinski definition) is 3. The maximum absolute atomic E-state index is 11.2. The monoisotopic (exact) mass is 229 g/mol. The molecule has 4 heteroatoms. The summed E-state index contributed by atoms with van der Waals surface area (Å²) in [6.45, 7) is 1.85. The number of nitrogens with one attached hydrogen (secondary N) is 1. The van der Waals surface area contributed by atoms with Crippen molar-refractivity contribution in [3.05, 3.63) is 57.8 Å². The molecular formula is C13H15N3O. The predicted octanol–water partition coefficient (Wildman–Crippen LogP) is 1.45. The first-order valence-electron chi connectivity index (χ1n) is 5.55. The van der Waals surface area contributed by atoms with Crippen molar-refractivity contribution in [2.75, 3.05) is 5.73 Å². The Morgan fingerprint density at radius 1 is 1.29 bits per heavy atom. The zero-order valence-electron chi connectivity index (χ0n) is 9.73. The van der Waals surface area contributed by atoms with Gasteiger partial charge in [0.1, 0.15) is 0 Å². The Morgan fingerprint density at radius 3 is 2.76 bits per heavy atom. The smallest absolute Gasteiger partial charge is 0.345 e. The van der Waals surface area contributed by atoms with Gasteiger partial charge < -0.3 is 10.7 Å². The van der Waals surface area contributed by atoms with E-state index in [0.717, 1.165) is 35.5 Å². The van der Waals surface area contributed by atoms with Crippen molar-refractivity contribution in [2.45, 2.75) is 19.8 Å². The summed E-state index contributed by atoms with van der Waals surface area (Å²) in [6.07, 6.45) is 1.52. The first kappa shape index (κ1) is 11.4. The standard InChI is InChI=1S/C13H15N3O/c1-9-8-11(16-13(17)15-9)7-6-10-4-2-3-5-12(10)14/h2-5,8H,6-7,14H2,1H3,(H,15,16,17). The zero-order chi connectivity index (χ0) is 12.3. The fraction of sp³-hybridized carbons (Fsp3) is 0.231. The second-order valence-electron chi connectivity index (χ2n) is 4.06. The molecule has 1 aromatic carbocycles. The predicted molar refractivity (Wildman–Crippen MR) is 67.9 cm³/mol. The Hall–Kier alpha value is -2.10. The lowest BCUT2D eigenvalue weighted by Gasteiger charge is -2.05. The summed E-state index contributed by atoms with van der Waals surface area (Å²) in [4.78, 5) is 17.8. The van der Waals surface area contributed by atoms with Crippen LogP contribution in [0.15, 0.2) is 35.1 Å². The number of anilines is 1. The van der Waals surface area contributed by atoms with Gasteiger partial charge in [0.15, 0.2) is 0 Å². The molecule has 0 atom stereocenters. The second kappa shape index (κ2) is 4.82. The lowest BCUT2D eigenvalue weighted by Crippen LogP contribution is -2.14. The van der Waals surface area contributed by atoms with Crippen molar-refractivity contribution in [3.8, 4) is 0 Å². The zero-order valence-corrected chi connectivity index (χ0v) is 9.73. The highest BCUT2D eigenvalue weighted by molar-refractivity contribution is 5.46. The molecular weight excluding hydrogens is 214 g/mol. The van der Waals surface area contributed by atoms with Gasteiger partial charge in [-0.3, -0.25) is 0 Å². The molecule has 4 nitrogen and oxygen atoms in total. The van der Waals surface area contributed by atoms with Crippen LogP contribution in [0.2, 0.25) is 0 Å². The van der Waals surface area contributed by atoms with Gasteiger partial charge in [0.05, 0.1) is 0 Å². The van der Waals surface area contributed by atoms with Gasteiger partial charge in [-0.1, -0.05) is 18.2 Å². The quantitative estimate of drug-likeness (QED) is 0.782. The molecule has 0 amide bonds. The van der Waals surface area contributed by atoms with Crippen LogP contribution in [0.3, 0.4) is 0 Å². The van der Waals surface area contributed by atoms with E-state index in [1.54, 1.807) is 0 Å². The number of nitrogens with zero attached hydrogens (tertiary/aromatic N) is 1. The van der Waals surface area contributed by atoms with E-state index in [0.29, 0.717) is 0 Å². The number of aryl methyl sites for hydroxylation is 3. The fourth-order valence-electron chi connectivity index (χ4n) is 1.80. The molecule has 0 aliphatic rings. The molecule has 0 spiro atoms. The minimum Gasteiger partial charge on any atom is -0.399 e. The molecule has 17 heavy (non-hydrogen) atoms. The van der Waals surface area contributed by atoms with Crippen LogP contribution in [0.25, 0.3) is 0 Å². The third-order valence-electron chi connectivity index (χ3n) is 2.64. The average molecular weight is 229 g/mol. The third kappa shape index (κ3) is 2.93. The van der Waals surface area contributed by atoms with E-state index in [1.807, 2.05) is 37.3 Å². The first-order chi connectivity index (χ1) is 8.15. The van der Waals surface area contributed by atoms with Gasteiger partial charge in [-0.15, -0.1) is 0 Å². The summed E-state index contributed by atoms with van der Waals surface area (Å²) in [6, 6.07) is 9.64. The number of nitrogens with two attached hydrogens (primary N) is 1. The highest BCUT2D eigenvalue weighted by atomic mass is 16.1. The van der Waals surface area contributed by atoms with Crippen molar-refractivity contribution in [1.29, 1.82) is 0 Å². The number of nitrogen functional groups attached to an aromatic ring is 1. The Labute approximate surface area is 99.5 Å². The number of para-hydroxylation sites is 1. The van der Waals surface area contributed by atoms with Crippen molar-refractivity contribution >= 4 is 5.69 Å². The molecule has 2 rings (SSSR count). The van der Waals surface area contributed by atoms with Gasteiger partial charge >= 0.3 is 5.69 Å². The van der Waals surface area contributed by atoms with Gasteiger partial charge in [0, 0.05) is 17.1 Å². The van der Waals surface area contributed by atoms with Crippen LogP contribution >= 0.6 is 0 Å². The van der Waals surface area contributed by atoms with Gasteiger partial charge in [-0.2, -0.15) is 4.98 Å². The highest BCUT2D eigenvalue weighted by Crippen LogP contribution is 2.12. The number of hydrogen-bond donors (Lipinski definition) is 2. The molecule has 3 N–H and O–H groups in total. The summed E-state index contributed by atoms with van der Waals surface area (Å²) in [5.74, 6) is 0. The Morgan fingerprint density at radius 2 is 2.06 bits per heavy atom. The topological polar surface area (TPSA) is 71.8 Å². The third-order valence-corrected chi connectivity index (χ3v) is 2.64. The van der Waals surface area contributed by atoms with Crippen LogP contribution in [0.4, 0.5) is 5.69 Å². The summed E-state index contributed by atoms with van der Waals surface area (Å²) in [7, 11) is 0. The SMILES string of the molecule is Cc1cc(CCc2ccccc2N)nc(=O)[nH]1. The molecule has 2 aromatic rings. The minimum atomic E-state index is -0.291. The van der Waals surface area contributed by atoms with Crippen molar-refractivity contribution in [1.82, 2.24) is 9.97 Å². The summed E-state index contributed by atoms with van der Waals surface area (Å²) < 4.78 is 0. The van der Waals surface area contributed by atoms with E-state index in [9.17, 15) is 4.79 Å². The van der Waals surface area contributed by atoms with Gasteiger partial charge in [0.2, 0.25) is 0 Å². The Bertz CT molecular complexity index is 575. The summed E-state index contributed by atoms with van der Waals surface area (Å²) in [5, 5.41) is 0. The lowest BCUT2D eigenvalue weighted by molar-refractivity contribution is 0.872. The van der Waals surface area contributed by atoms with Crippen LogP contribution in [0.5, 0.6) is 0 Å². The molecule has 0 saturated heterocycles. The van der Waals surface area contributed by atoms with E-state index in [-0.39, 0.29) is 5.69 Å². The number of aromatic amines is 1. The molecule has 1 aromatic heterocycles. The van der Waals surface area contributed by atoms with E-state index in [4.69, 9.17) is 5.73 Å². The van der Waals surface area contributed by atoms with Gasteiger partial charge in [-0.05, 0) is 37.5 Å². The Kier molecular flexibility index (Phi) is 3.23. The molecule has 0 aliphatic heterocycles. The molecule has 0 radical (unpaired) electrons. The molecule has 0 aliphatic carbocycles. The number of aromatic nitrogens is 2. The van der Waals surface area contributed by atoms with Crippen molar-refractivity contribution < 1.29 is 0 Å². The first-order valence-corrected chi connectivity index (χ1v) is 5.55. The number of H-pyrrole nitrogens is 1. The fourth-order valence-corrected chi connectivity index (χ4v) is 1.80. The molecule has 0 bridgehead atoms. The molecule has 88 valence electrons. The maximum Gasteiger partial charge on any atom is 0.345 e.